The standard InChI is InChI=1S/C26H28N2O4S/c1-17-14-22(28-25(31)26(2,3)4)33-23(17)24(30)32-16-21(29)27-20-13-9-8-12-19(20)15-18-10-6-5-7-11-18/h5-14H,15-16H2,1-4H3,(H,27,29)(H,28,31). The van der Waals surface area contributed by atoms with Crippen LogP contribution in [0.25, 0.3) is 0 Å². The van der Waals surface area contributed by atoms with Crippen LogP contribution in [0, 0.1) is 12.3 Å². The monoisotopic (exact) mass is 464 g/mol. The number of ether oxygens (including phenoxy) is 1. The average Bonchev–Trinajstić information content (AvgIpc) is 3.13. The van der Waals surface area contributed by atoms with Gasteiger partial charge in [0.2, 0.25) is 5.91 Å². The number of hydrogen-bond acceptors (Lipinski definition) is 5. The van der Waals surface area contributed by atoms with Gasteiger partial charge in [0.25, 0.3) is 5.91 Å². The minimum Gasteiger partial charge on any atom is -0.451 e. The predicted molar refractivity (Wildman–Crippen MR) is 132 cm³/mol. The summed E-state index contributed by atoms with van der Waals surface area (Å²) in [7, 11) is 0. The van der Waals surface area contributed by atoms with Crippen molar-refractivity contribution in [1.29, 1.82) is 0 Å². The maximum Gasteiger partial charge on any atom is 0.349 e. The third-order valence-electron chi connectivity index (χ3n) is 4.88. The molecular weight excluding hydrogens is 436 g/mol. The fraction of sp³-hybridized carbons (Fsp3) is 0.269. The Kier molecular flexibility index (Phi) is 7.66. The van der Waals surface area contributed by atoms with Gasteiger partial charge in [0.1, 0.15) is 4.88 Å². The molecule has 7 heteroatoms. The first kappa shape index (κ1) is 24.2. The number of para-hydroxylation sites is 1. The third-order valence-corrected chi connectivity index (χ3v) is 6.02. The van der Waals surface area contributed by atoms with E-state index in [4.69, 9.17) is 4.74 Å². The largest absolute Gasteiger partial charge is 0.451 e. The van der Waals surface area contributed by atoms with E-state index >= 15 is 0 Å². The molecule has 0 saturated carbocycles. The Bertz CT molecular complexity index is 1150. The van der Waals surface area contributed by atoms with Crippen molar-refractivity contribution < 1.29 is 19.1 Å². The van der Waals surface area contributed by atoms with Crippen LogP contribution in [0.5, 0.6) is 0 Å². The van der Waals surface area contributed by atoms with Gasteiger partial charge in [-0.25, -0.2) is 4.79 Å². The normalized spacial score (nSPS) is 11.0. The van der Waals surface area contributed by atoms with Gasteiger partial charge in [0, 0.05) is 11.1 Å². The number of aryl methyl sites for hydroxylation is 1. The molecule has 0 unspecified atom stereocenters. The lowest BCUT2D eigenvalue weighted by Crippen LogP contribution is -2.27. The van der Waals surface area contributed by atoms with Crippen LogP contribution in [-0.4, -0.2) is 24.4 Å². The minimum absolute atomic E-state index is 0.141. The van der Waals surface area contributed by atoms with Crippen LogP contribution in [-0.2, 0) is 20.7 Å². The summed E-state index contributed by atoms with van der Waals surface area (Å²) in [6.45, 7) is 6.80. The lowest BCUT2D eigenvalue weighted by Gasteiger charge is -2.16. The zero-order valence-corrected chi connectivity index (χ0v) is 20.0. The summed E-state index contributed by atoms with van der Waals surface area (Å²) < 4.78 is 5.23. The predicted octanol–water partition coefficient (Wildman–Crippen LogP) is 5.43. The van der Waals surface area contributed by atoms with Crippen molar-refractivity contribution in [3.05, 3.63) is 82.2 Å². The highest BCUT2D eigenvalue weighted by Crippen LogP contribution is 2.29. The SMILES string of the molecule is Cc1cc(NC(=O)C(C)(C)C)sc1C(=O)OCC(=O)Nc1ccccc1Cc1ccccc1. The van der Waals surface area contributed by atoms with E-state index in [1.54, 1.807) is 13.0 Å². The van der Waals surface area contributed by atoms with E-state index in [0.29, 0.717) is 27.5 Å². The highest BCUT2D eigenvalue weighted by Gasteiger charge is 2.23. The van der Waals surface area contributed by atoms with E-state index in [0.717, 1.165) is 22.5 Å². The van der Waals surface area contributed by atoms with E-state index in [2.05, 4.69) is 10.6 Å². The number of anilines is 2. The average molecular weight is 465 g/mol. The number of hydrogen-bond donors (Lipinski definition) is 2. The van der Waals surface area contributed by atoms with Gasteiger partial charge in [-0.2, -0.15) is 0 Å². The summed E-state index contributed by atoms with van der Waals surface area (Å²) in [6.07, 6.45) is 0.675. The van der Waals surface area contributed by atoms with Crippen molar-refractivity contribution in [3.63, 3.8) is 0 Å². The Labute approximate surface area is 198 Å². The van der Waals surface area contributed by atoms with E-state index in [-0.39, 0.29) is 5.91 Å². The molecule has 33 heavy (non-hydrogen) atoms. The molecule has 6 nitrogen and oxygen atoms in total. The molecule has 172 valence electrons. The second kappa shape index (κ2) is 10.4. The number of rotatable bonds is 7. The first-order valence-electron chi connectivity index (χ1n) is 10.6. The Morgan fingerprint density at radius 2 is 1.61 bits per heavy atom. The van der Waals surface area contributed by atoms with Crippen molar-refractivity contribution in [2.45, 2.75) is 34.1 Å². The van der Waals surface area contributed by atoms with E-state index < -0.39 is 23.9 Å². The molecule has 2 aromatic carbocycles. The molecule has 0 atom stereocenters. The zero-order chi connectivity index (χ0) is 24.0. The maximum absolute atomic E-state index is 12.5. The highest BCUT2D eigenvalue weighted by molar-refractivity contribution is 7.18. The van der Waals surface area contributed by atoms with Crippen LogP contribution < -0.4 is 10.6 Å². The van der Waals surface area contributed by atoms with Crippen LogP contribution in [0.1, 0.15) is 47.1 Å². The van der Waals surface area contributed by atoms with Crippen LogP contribution in [0.15, 0.2) is 60.7 Å². The van der Waals surface area contributed by atoms with Gasteiger partial charge in [-0.05, 0) is 42.2 Å². The number of amides is 2. The number of carbonyl (C=O) groups is 3. The zero-order valence-electron chi connectivity index (χ0n) is 19.2. The number of carbonyl (C=O) groups excluding carboxylic acids is 3. The Morgan fingerprint density at radius 3 is 2.30 bits per heavy atom. The summed E-state index contributed by atoms with van der Waals surface area (Å²) in [5.74, 6) is -1.15. The summed E-state index contributed by atoms with van der Waals surface area (Å²) in [5, 5.41) is 6.21. The first-order valence-corrected chi connectivity index (χ1v) is 11.5. The second-order valence-corrected chi connectivity index (χ2v) is 9.82. The fourth-order valence-corrected chi connectivity index (χ4v) is 4.00. The summed E-state index contributed by atoms with van der Waals surface area (Å²) in [5.41, 5.74) is 2.92. The summed E-state index contributed by atoms with van der Waals surface area (Å²) in [6, 6.07) is 19.2. The van der Waals surface area contributed by atoms with Crippen LogP contribution in [0.4, 0.5) is 10.7 Å². The number of nitrogens with one attached hydrogen (secondary N) is 2. The van der Waals surface area contributed by atoms with Crippen molar-refractivity contribution in [3.8, 4) is 0 Å². The van der Waals surface area contributed by atoms with E-state index in [1.807, 2.05) is 75.4 Å². The van der Waals surface area contributed by atoms with Gasteiger partial charge in [-0.3, -0.25) is 9.59 Å². The van der Waals surface area contributed by atoms with E-state index in [9.17, 15) is 14.4 Å². The maximum atomic E-state index is 12.5. The minimum atomic E-state index is -0.596. The smallest absolute Gasteiger partial charge is 0.349 e. The van der Waals surface area contributed by atoms with Gasteiger partial charge in [-0.1, -0.05) is 69.3 Å². The fourth-order valence-electron chi connectivity index (χ4n) is 3.04. The lowest BCUT2D eigenvalue weighted by atomic mass is 9.96. The molecule has 0 aliphatic rings. The third kappa shape index (κ3) is 6.76. The first-order chi connectivity index (χ1) is 15.6. The molecule has 1 heterocycles. The summed E-state index contributed by atoms with van der Waals surface area (Å²) in [4.78, 5) is 37.5. The number of esters is 1. The Balaban J connectivity index is 1.59. The molecule has 0 aliphatic carbocycles. The number of thiophene rings is 1. The quantitative estimate of drug-likeness (QED) is 0.457. The molecular formula is C26H28N2O4S. The van der Waals surface area contributed by atoms with Gasteiger partial charge >= 0.3 is 5.97 Å². The lowest BCUT2D eigenvalue weighted by molar-refractivity contribution is -0.123. The van der Waals surface area contributed by atoms with Crippen LogP contribution >= 0.6 is 11.3 Å². The molecule has 2 amide bonds. The van der Waals surface area contributed by atoms with Gasteiger partial charge < -0.3 is 15.4 Å². The van der Waals surface area contributed by atoms with Crippen molar-refractivity contribution in [2.75, 3.05) is 17.2 Å². The van der Waals surface area contributed by atoms with Crippen LogP contribution in [0.3, 0.4) is 0 Å². The number of benzene rings is 2. The molecule has 3 rings (SSSR count). The molecule has 1 aromatic heterocycles. The molecule has 0 aliphatic heterocycles. The van der Waals surface area contributed by atoms with Crippen molar-refractivity contribution in [1.82, 2.24) is 0 Å². The molecule has 0 bridgehead atoms. The topological polar surface area (TPSA) is 84.5 Å². The van der Waals surface area contributed by atoms with Gasteiger partial charge in [-0.15, -0.1) is 11.3 Å². The van der Waals surface area contributed by atoms with Crippen molar-refractivity contribution in [2.24, 2.45) is 5.41 Å². The van der Waals surface area contributed by atoms with Gasteiger partial charge in [0.05, 0.1) is 5.00 Å². The van der Waals surface area contributed by atoms with E-state index in [1.165, 1.54) is 0 Å². The molecule has 2 N–H and O–H groups in total. The molecule has 0 radical (unpaired) electrons. The van der Waals surface area contributed by atoms with Crippen LogP contribution in [0.2, 0.25) is 0 Å². The van der Waals surface area contributed by atoms with Gasteiger partial charge in [0.15, 0.2) is 6.61 Å². The molecule has 0 spiro atoms. The highest BCUT2D eigenvalue weighted by atomic mass is 32.1. The molecule has 0 fully saturated rings. The summed E-state index contributed by atoms with van der Waals surface area (Å²) >= 11 is 1.13. The van der Waals surface area contributed by atoms with Crippen molar-refractivity contribution >= 4 is 39.8 Å². The second-order valence-electron chi connectivity index (χ2n) is 8.77. The molecule has 0 saturated heterocycles. The Morgan fingerprint density at radius 1 is 0.939 bits per heavy atom. The Hall–Kier alpha value is -3.45. The molecule has 3 aromatic rings.